The predicted octanol–water partition coefficient (Wildman–Crippen LogP) is 3.49. The molecule has 0 bridgehead atoms. The molecule has 3 rings (SSSR count). The van der Waals surface area contributed by atoms with Gasteiger partial charge in [0.25, 0.3) is 0 Å². The van der Waals surface area contributed by atoms with E-state index in [1.165, 1.54) is 10.8 Å². The zero-order valence-corrected chi connectivity index (χ0v) is 10.1. The minimum atomic E-state index is -0.275. The van der Waals surface area contributed by atoms with E-state index in [9.17, 15) is 0 Å². The molecule has 1 saturated heterocycles. The van der Waals surface area contributed by atoms with E-state index in [0.717, 1.165) is 5.56 Å². The van der Waals surface area contributed by atoms with Gasteiger partial charge >= 0.3 is 0 Å². The van der Waals surface area contributed by atoms with Crippen LogP contribution in [0.15, 0.2) is 42.5 Å². The Bertz CT molecular complexity index is 526. The van der Waals surface area contributed by atoms with E-state index in [1.54, 1.807) is 0 Å². The van der Waals surface area contributed by atoms with E-state index < -0.39 is 0 Å². The third-order valence-electron chi connectivity index (χ3n) is 2.97. The van der Waals surface area contributed by atoms with Crippen molar-refractivity contribution in [2.24, 2.45) is 0 Å². The van der Waals surface area contributed by atoms with Gasteiger partial charge in [-0.1, -0.05) is 36.4 Å². The van der Waals surface area contributed by atoms with Crippen molar-refractivity contribution >= 4 is 22.4 Å². The fourth-order valence-electron chi connectivity index (χ4n) is 2.06. The van der Waals surface area contributed by atoms with Crippen molar-refractivity contribution < 1.29 is 9.47 Å². The van der Waals surface area contributed by atoms with Crippen molar-refractivity contribution in [3.8, 4) is 0 Å². The predicted molar refractivity (Wildman–Crippen MR) is 68.2 cm³/mol. The summed E-state index contributed by atoms with van der Waals surface area (Å²) in [5, 5.41) is 2.43. The molecule has 0 aromatic heterocycles. The number of rotatable bonds is 2. The molecule has 0 amide bonds. The van der Waals surface area contributed by atoms with Gasteiger partial charge in [0.1, 0.15) is 0 Å². The fourth-order valence-corrected chi connectivity index (χ4v) is 2.22. The summed E-state index contributed by atoms with van der Waals surface area (Å²) in [6, 6.07) is 14.5. The molecule has 2 aromatic rings. The lowest BCUT2D eigenvalue weighted by atomic mass is 10.1. The molecule has 1 aliphatic rings. The molecule has 1 aliphatic heterocycles. The van der Waals surface area contributed by atoms with Gasteiger partial charge in [-0.25, -0.2) is 0 Å². The second-order valence-corrected chi connectivity index (χ2v) is 4.49. The number of alkyl halides is 1. The first kappa shape index (κ1) is 11.0. The first-order valence-electron chi connectivity index (χ1n) is 5.68. The number of hydrogen-bond donors (Lipinski definition) is 0. The highest BCUT2D eigenvalue weighted by atomic mass is 35.5. The summed E-state index contributed by atoms with van der Waals surface area (Å²) >= 11 is 5.75. The van der Waals surface area contributed by atoms with Crippen molar-refractivity contribution in [1.29, 1.82) is 0 Å². The highest BCUT2D eigenvalue weighted by molar-refractivity contribution is 6.18. The van der Waals surface area contributed by atoms with Gasteiger partial charge in [-0.15, -0.1) is 11.6 Å². The topological polar surface area (TPSA) is 18.5 Å². The minimum Gasteiger partial charge on any atom is -0.346 e. The summed E-state index contributed by atoms with van der Waals surface area (Å²) in [7, 11) is 0. The average molecular weight is 249 g/mol. The molecule has 1 fully saturated rings. The number of ether oxygens (including phenoxy) is 2. The number of hydrogen-bond acceptors (Lipinski definition) is 2. The monoisotopic (exact) mass is 248 g/mol. The molecule has 2 nitrogen and oxygen atoms in total. The van der Waals surface area contributed by atoms with Crippen LogP contribution in [0.4, 0.5) is 0 Å². The molecular formula is C14H13ClO2. The van der Waals surface area contributed by atoms with Crippen LogP contribution >= 0.6 is 11.6 Å². The lowest BCUT2D eigenvalue weighted by Crippen LogP contribution is -2.10. The summed E-state index contributed by atoms with van der Waals surface area (Å²) in [5.41, 5.74) is 1.05. The van der Waals surface area contributed by atoms with Crippen LogP contribution in [-0.4, -0.2) is 18.6 Å². The Hall–Kier alpha value is -1.09. The van der Waals surface area contributed by atoms with Crippen molar-refractivity contribution in [2.45, 2.75) is 12.4 Å². The van der Waals surface area contributed by atoms with E-state index in [1.807, 2.05) is 18.2 Å². The molecule has 1 heterocycles. The maximum atomic E-state index is 5.75. The summed E-state index contributed by atoms with van der Waals surface area (Å²) < 4.78 is 11.3. The molecule has 0 unspecified atom stereocenters. The fraction of sp³-hybridized carbons (Fsp3) is 0.286. The van der Waals surface area contributed by atoms with Crippen LogP contribution in [0.5, 0.6) is 0 Å². The Morgan fingerprint density at radius 2 is 1.94 bits per heavy atom. The summed E-state index contributed by atoms with van der Waals surface area (Å²) in [6.07, 6.45) is -0.267. The smallest absolute Gasteiger partial charge is 0.184 e. The van der Waals surface area contributed by atoms with Gasteiger partial charge in [0.2, 0.25) is 0 Å². The van der Waals surface area contributed by atoms with Crippen LogP contribution in [0.3, 0.4) is 0 Å². The van der Waals surface area contributed by atoms with Crippen LogP contribution in [-0.2, 0) is 9.47 Å². The zero-order chi connectivity index (χ0) is 11.7. The molecule has 0 aliphatic carbocycles. The van der Waals surface area contributed by atoms with Crippen molar-refractivity contribution in [2.75, 3.05) is 12.5 Å². The maximum Gasteiger partial charge on any atom is 0.184 e. The zero-order valence-electron chi connectivity index (χ0n) is 9.30. The molecule has 0 radical (unpaired) electrons. The molecule has 3 heteroatoms. The summed E-state index contributed by atoms with van der Waals surface area (Å²) in [5.74, 6) is 0.476. The van der Waals surface area contributed by atoms with Crippen LogP contribution in [0, 0.1) is 0 Å². The highest BCUT2D eigenvalue weighted by Gasteiger charge is 2.26. The lowest BCUT2D eigenvalue weighted by molar-refractivity contribution is -0.0566. The second-order valence-electron chi connectivity index (χ2n) is 4.18. The van der Waals surface area contributed by atoms with Gasteiger partial charge in [-0.05, 0) is 16.8 Å². The molecule has 2 aromatic carbocycles. The molecule has 0 spiro atoms. The lowest BCUT2D eigenvalue weighted by Gasteiger charge is -2.11. The standard InChI is InChI=1S/C14H13ClO2/c15-8-13-9-16-14(17-13)12-6-5-10-3-1-2-4-11(10)7-12/h1-7,13-14H,8-9H2/t13-,14+/m1/s1. The van der Waals surface area contributed by atoms with E-state index in [0.29, 0.717) is 12.5 Å². The van der Waals surface area contributed by atoms with E-state index in [4.69, 9.17) is 21.1 Å². The van der Waals surface area contributed by atoms with E-state index in [-0.39, 0.29) is 12.4 Å². The third-order valence-corrected chi connectivity index (χ3v) is 3.31. The van der Waals surface area contributed by atoms with Crippen molar-refractivity contribution in [1.82, 2.24) is 0 Å². The van der Waals surface area contributed by atoms with Crippen molar-refractivity contribution in [3.63, 3.8) is 0 Å². The van der Waals surface area contributed by atoms with E-state index in [2.05, 4.69) is 24.3 Å². The number of halogens is 1. The summed E-state index contributed by atoms with van der Waals surface area (Å²) in [4.78, 5) is 0. The first-order valence-corrected chi connectivity index (χ1v) is 6.22. The molecule has 2 atom stereocenters. The SMILES string of the molecule is ClC[C@@H]1CO[C@H](c2ccc3ccccc3c2)O1. The van der Waals surface area contributed by atoms with Crippen LogP contribution < -0.4 is 0 Å². The number of fused-ring (bicyclic) bond motifs is 1. The van der Waals surface area contributed by atoms with Gasteiger partial charge in [0.15, 0.2) is 6.29 Å². The highest BCUT2D eigenvalue weighted by Crippen LogP contribution is 2.29. The average Bonchev–Trinajstić information content (AvgIpc) is 2.87. The van der Waals surface area contributed by atoms with Gasteiger partial charge < -0.3 is 9.47 Å². The Morgan fingerprint density at radius 3 is 2.71 bits per heavy atom. The molecule has 88 valence electrons. The molecule has 0 N–H and O–H groups in total. The second kappa shape index (κ2) is 4.65. The first-order chi connectivity index (χ1) is 8.36. The van der Waals surface area contributed by atoms with Gasteiger partial charge in [0.05, 0.1) is 18.6 Å². The quantitative estimate of drug-likeness (QED) is 0.758. The molecule has 0 saturated carbocycles. The maximum absolute atomic E-state index is 5.75. The molecule has 17 heavy (non-hydrogen) atoms. The Labute approximate surface area is 105 Å². The van der Waals surface area contributed by atoms with Gasteiger partial charge in [-0.3, -0.25) is 0 Å². The van der Waals surface area contributed by atoms with Gasteiger partial charge in [-0.2, -0.15) is 0 Å². The Balaban J connectivity index is 1.91. The number of benzene rings is 2. The minimum absolute atomic E-state index is 0.00753. The van der Waals surface area contributed by atoms with Crippen molar-refractivity contribution in [3.05, 3.63) is 48.0 Å². The Kier molecular flexibility index (Phi) is 3.02. The van der Waals surface area contributed by atoms with E-state index >= 15 is 0 Å². The van der Waals surface area contributed by atoms with Crippen LogP contribution in [0.1, 0.15) is 11.9 Å². The summed E-state index contributed by atoms with van der Waals surface area (Å²) in [6.45, 7) is 0.570. The largest absolute Gasteiger partial charge is 0.346 e. The Morgan fingerprint density at radius 1 is 1.12 bits per heavy atom. The molecular weight excluding hydrogens is 236 g/mol. The van der Waals surface area contributed by atoms with Gasteiger partial charge in [0, 0.05) is 5.56 Å². The third kappa shape index (κ3) is 2.16. The van der Waals surface area contributed by atoms with Crippen LogP contribution in [0.25, 0.3) is 10.8 Å². The normalized spacial score (nSPS) is 24.3. The van der Waals surface area contributed by atoms with Crippen LogP contribution in [0.2, 0.25) is 0 Å².